The molecule has 0 atom stereocenters. The van der Waals surface area contributed by atoms with Crippen molar-refractivity contribution in [3.63, 3.8) is 0 Å². The van der Waals surface area contributed by atoms with Crippen molar-refractivity contribution in [2.45, 2.75) is 63.7 Å². The minimum absolute atomic E-state index is 0. The summed E-state index contributed by atoms with van der Waals surface area (Å²) in [7, 11) is -1.62. The summed E-state index contributed by atoms with van der Waals surface area (Å²) in [6.07, 6.45) is 1.12. The van der Waals surface area contributed by atoms with Gasteiger partial charge in [-0.2, -0.15) is 0 Å². The van der Waals surface area contributed by atoms with E-state index in [1.54, 1.807) is 0 Å². The number of nitrogens with one attached hydrogen (secondary N) is 2. The Hall–Kier alpha value is -1.64. The van der Waals surface area contributed by atoms with Gasteiger partial charge in [0, 0.05) is 27.7 Å². The topological polar surface area (TPSA) is 81.8 Å². The molecule has 172 valence electrons. The zero-order valence-corrected chi connectivity index (χ0v) is 19.6. The molecule has 2 N–H and O–H groups in total. The monoisotopic (exact) mass is 440 g/mol. The van der Waals surface area contributed by atoms with Gasteiger partial charge in [0.15, 0.2) is 0 Å². The van der Waals surface area contributed by atoms with Crippen LogP contribution in [0, 0.1) is 0 Å². The first kappa shape index (κ1) is 23.0. The average Bonchev–Trinajstić information content (AvgIpc) is 2.65. The van der Waals surface area contributed by atoms with Crippen LogP contribution in [0.25, 0.3) is 0 Å². The SMILES string of the molecule is CC(C)c1cccc(C(C)C)c1NC(=O)NS(=O)(=O)C1CCN(C2CN(C)C2)CC1.[HH].[HH]. The van der Waals surface area contributed by atoms with E-state index in [-0.39, 0.29) is 14.7 Å². The normalized spacial score (nSPS) is 19.8. The van der Waals surface area contributed by atoms with Crippen molar-refractivity contribution in [1.82, 2.24) is 14.5 Å². The lowest BCUT2D eigenvalue weighted by molar-refractivity contribution is 0.0407. The van der Waals surface area contributed by atoms with Crippen LogP contribution in [0.3, 0.4) is 0 Å². The van der Waals surface area contributed by atoms with Crippen LogP contribution in [-0.4, -0.2) is 68.8 Å². The van der Waals surface area contributed by atoms with Gasteiger partial charge in [-0.25, -0.2) is 17.9 Å². The van der Waals surface area contributed by atoms with Crippen LogP contribution >= 0.6 is 0 Å². The summed E-state index contributed by atoms with van der Waals surface area (Å²) < 4.78 is 28.0. The van der Waals surface area contributed by atoms with Crippen molar-refractivity contribution in [3.8, 4) is 0 Å². The van der Waals surface area contributed by atoms with Crippen molar-refractivity contribution in [3.05, 3.63) is 29.3 Å². The number of amides is 2. The van der Waals surface area contributed by atoms with E-state index in [4.69, 9.17) is 0 Å². The molecule has 0 radical (unpaired) electrons. The number of urea groups is 1. The van der Waals surface area contributed by atoms with Gasteiger partial charge in [0.05, 0.1) is 5.25 Å². The van der Waals surface area contributed by atoms with E-state index in [1.807, 2.05) is 18.2 Å². The van der Waals surface area contributed by atoms with E-state index in [9.17, 15) is 13.2 Å². The zero-order chi connectivity index (χ0) is 22.1. The van der Waals surface area contributed by atoms with Gasteiger partial charge in [-0.3, -0.25) is 4.90 Å². The van der Waals surface area contributed by atoms with Crippen LogP contribution in [0.4, 0.5) is 10.5 Å². The summed E-state index contributed by atoms with van der Waals surface area (Å²) in [5, 5.41) is 2.32. The summed E-state index contributed by atoms with van der Waals surface area (Å²) in [6.45, 7) is 11.9. The third kappa shape index (κ3) is 5.15. The molecule has 2 heterocycles. The molecule has 2 fully saturated rings. The first-order valence-electron chi connectivity index (χ1n) is 11.0. The fraction of sp³-hybridized carbons (Fsp3) is 0.682. The average molecular weight is 441 g/mol. The van der Waals surface area contributed by atoms with Crippen LogP contribution in [0.1, 0.15) is 66.4 Å². The second-order valence-electron chi connectivity index (χ2n) is 9.33. The number of hydrogen-bond acceptors (Lipinski definition) is 5. The number of anilines is 1. The van der Waals surface area contributed by atoms with Crippen LogP contribution in [0.15, 0.2) is 18.2 Å². The van der Waals surface area contributed by atoms with Gasteiger partial charge < -0.3 is 10.2 Å². The number of sulfonamides is 1. The van der Waals surface area contributed by atoms with Gasteiger partial charge in [-0.15, -0.1) is 0 Å². The maximum atomic E-state index is 12.8. The molecule has 30 heavy (non-hydrogen) atoms. The van der Waals surface area contributed by atoms with Crippen molar-refractivity contribution < 1.29 is 16.1 Å². The van der Waals surface area contributed by atoms with E-state index in [2.05, 4.69) is 54.6 Å². The molecule has 3 rings (SSSR count). The zero-order valence-electron chi connectivity index (χ0n) is 18.8. The summed E-state index contributed by atoms with van der Waals surface area (Å²) in [5.41, 5.74) is 2.74. The first-order chi connectivity index (χ1) is 14.1. The number of rotatable bonds is 6. The number of carbonyl (C=O) groups is 1. The highest BCUT2D eigenvalue weighted by Gasteiger charge is 2.36. The molecule has 0 aliphatic carbocycles. The largest absolute Gasteiger partial charge is 0.332 e. The molecule has 1 aromatic carbocycles. The Kier molecular flexibility index (Phi) is 7.09. The summed E-state index contributed by atoms with van der Waals surface area (Å²) in [5.74, 6) is 0.427. The van der Waals surface area contributed by atoms with Crippen molar-refractivity contribution >= 4 is 21.7 Å². The number of likely N-dealkylation sites (N-methyl/N-ethyl adjacent to an activating group) is 1. The second kappa shape index (κ2) is 9.24. The Labute approximate surface area is 184 Å². The number of nitrogens with zero attached hydrogens (tertiary/aromatic N) is 2. The maximum absolute atomic E-state index is 12.8. The minimum Gasteiger partial charge on any atom is -0.307 e. The van der Waals surface area contributed by atoms with E-state index in [0.29, 0.717) is 18.9 Å². The Morgan fingerprint density at radius 3 is 2.07 bits per heavy atom. The molecule has 2 aliphatic heterocycles. The third-order valence-electron chi connectivity index (χ3n) is 6.32. The number of carbonyl (C=O) groups excluding carboxylic acids is 1. The Morgan fingerprint density at radius 1 is 1.07 bits per heavy atom. The quantitative estimate of drug-likeness (QED) is 0.706. The minimum atomic E-state index is -3.72. The molecule has 2 saturated heterocycles. The summed E-state index contributed by atoms with van der Waals surface area (Å²) in [4.78, 5) is 17.3. The molecule has 2 amide bonds. The maximum Gasteiger partial charge on any atom is 0.332 e. The van der Waals surface area contributed by atoms with Gasteiger partial charge in [0.25, 0.3) is 0 Å². The predicted octanol–water partition coefficient (Wildman–Crippen LogP) is 3.66. The van der Waals surface area contributed by atoms with Crippen LogP contribution < -0.4 is 10.0 Å². The van der Waals surface area contributed by atoms with Gasteiger partial charge in [-0.05, 0) is 55.9 Å². The van der Waals surface area contributed by atoms with Gasteiger partial charge in [0.1, 0.15) is 0 Å². The molecule has 0 spiro atoms. The van der Waals surface area contributed by atoms with Crippen LogP contribution in [0.5, 0.6) is 0 Å². The first-order valence-corrected chi connectivity index (χ1v) is 12.5. The lowest BCUT2D eigenvalue weighted by Crippen LogP contribution is -2.60. The highest BCUT2D eigenvalue weighted by Crippen LogP contribution is 2.32. The molecule has 0 unspecified atom stereocenters. The summed E-state index contributed by atoms with van der Waals surface area (Å²) in [6, 6.07) is 5.81. The molecular weight excluding hydrogens is 400 g/mol. The molecule has 0 saturated carbocycles. The fourth-order valence-corrected chi connectivity index (χ4v) is 5.80. The predicted molar refractivity (Wildman–Crippen MR) is 126 cm³/mol. The molecular formula is C22H40N4O3S. The highest BCUT2D eigenvalue weighted by atomic mass is 32.2. The number of piperidine rings is 1. The summed E-state index contributed by atoms with van der Waals surface area (Å²) >= 11 is 0. The van der Waals surface area contributed by atoms with Crippen LogP contribution in [-0.2, 0) is 10.0 Å². The Balaban J connectivity index is 0.00000256. The Morgan fingerprint density at radius 2 is 1.60 bits per heavy atom. The van der Waals surface area contributed by atoms with Gasteiger partial charge >= 0.3 is 6.03 Å². The molecule has 7 nitrogen and oxygen atoms in total. The van der Waals surface area contributed by atoms with Gasteiger partial charge in [0.2, 0.25) is 10.0 Å². The van der Waals surface area contributed by atoms with E-state index in [1.165, 1.54) is 0 Å². The second-order valence-corrected chi connectivity index (χ2v) is 11.3. The number of benzene rings is 1. The lowest BCUT2D eigenvalue weighted by Gasteiger charge is -2.46. The van der Waals surface area contributed by atoms with Crippen molar-refractivity contribution in [1.29, 1.82) is 0 Å². The van der Waals surface area contributed by atoms with Crippen molar-refractivity contribution in [2.75, 3.05) is 38.5 Å². The number of hydrogen-bond donors (Lipinski definition) is 2. The fourth-order valence-electron chi connectivity index (χ4n) is 4.50. The standard InChI is InChI=1S/C22H36N4O3S.2H2/c1-15(2)19-7-6-8-20(16(3)4)21(19)23-22(27)24-30(28,29)18-9-11-26(12-10-18)17-13-25(5)14-17;;/h6-8,15-18H,9-14H2,1-5H3,(H2,23,24,27);2*1H. The molecule has 2 aliphatic rings. The lowest BCUT2D eigenvalue weighted by atomic mass is 9.93. The van der Waals surface area contributed by atoms with E-state index < -0.39 is 21.3 Å². The highest BCUT2D eigenvalue weighted by molar-refractivity contribution is 7.90. The van der Waals surface area contributed by atoms with Crippen LogP contribution in [0.2, 0.25) is 0 Å². The Bertz CT molecular complexity index is 840. The molecule has 8 heteroatoms. The molecule has 0 bridgehead atoms. The number of para-hydroxylation sites is 1. The third-order valence-corrected chi connectivity index (χ3v) is 8.14. The molecule has 1 aromatic rings. The van der Waals surface area contributed by atoms with E-state index in [0.717, 1.165) is 43.0 Å². The smallest absolute Gasteiger partial charge is 0.307 e. The number of likely N-dealkylation sites (tertiary alicyclic amines) is 2. The van der Waals surface area contributed by atoms with E-state index >= 15 is 0 Å². The van der Waals surface area contributed by atoms with Gasteiger partial charge in [-0.1, -0.05) is 45.9 Å². The molecule has 0 aromatic heterocycles. The van der Waals surface area contributed by atoms with Crippen molar-refractivity contribution in [2.24, 2.45) is 0 Å².